The average Bonchev–Trinajstić information content (AvgIpc) is 2.64. The molecule has 1 aromatic heterocycles. The van der Waals surface area contributed by atoms with Crippen LogP contribution >= 0.6 is 11.3 Å². The third kappa shape index (κ3) is 4.07. The van der Waals surface area contributed by atoms with Crippen LogP contribution in [0.15, 0.2) is 5.38 Å². The molecule has 18 heavy (non-hydrogen) atoms. The minimum atomic E-state index is -0.809. The lowest BCUT2D eigenvalue weighted by atomic mass is 9.98. The lowest BCUT2D eigenvalue weighted by molar-refractivity contribution is -0.140. The molecule has 1 rings (SSSR count). The minimum Gasteiger partial charge on any atom is -0.480 e. The number of carbonyl (C=O) groups is 1. The first kappa shape index (κ1) is 15.1. The van der Waals surface area contributed by atoms with E-state index in [1.807, 2.05) is 19.2 Å². The fourth-order valence-corrected chi connectivity index (χ4v) is 2.46. The molecule has 0 radical (unpaired) electrons. The van der Waals surface area contributed by atoms with E-state index in [-0.39, 0.29) is 11.3 Å². The number of aromatic nitrogens is 1. The Hall–Kier alpha value is -0.940. The van der Waals surface area contributed by atoms with Crippen LogP contribution in [0.3, 0.4) is 0 Å². The van der Waals surface area contributed by atoms with Gasteiger partial charge < -0.3 is 5.11 Å². The molecule has 4 nitrogen and oxygen atoms in total. The molecule has 0 aliphatic carbocycles. The van der Waals surface area contributed by atoms with Gasteiger partial charge in [0, 0.05) is 17.3 Å². The highest BCUT2D eigenvalue weighted by Gasteiger charge is 2.22. The van der Waals surface area contributed by atoms with Crippen LogP contribution in [0.5, 0.6) is 0 Å². The van der Waals surface area contributed by atoms with Crippen LogP contribution in [0.25, 0.3) is 0 Å². The van der Waals surface area contributed by atoms with Gasteiger partial charge in [0.05, 0.1) is 10.7 Å². The van der Waals surface area contributed by atoms with Crippen molar-refractivity contribution >= 4 is 17.3 Å². The van der Waals surface area contributed by atoms with Gasteiger partial charge in [-0.3, -0.25) is 10.1 Å². The molecule has 0 aliphatic rings. The number of rotatable bonds is 5. The Bertz CT molecular complexity index is 407. The van der Waals surface area contributed by atoms with Crippen molar-refractivity contribution in [2.24, 2.45) is 5.92 Å². The number of hydrogen-bond donors (Lipinski definition) is 2. The van der Waals surface area contributed by atoms with Gasteiger partial charge in [-0.05, 0) is 5.92 Å². The van der Waals surface area contributed by atoms with Gasteiger partial charge in [-0.25, -0.2) is 4.98 Å². The van der Waals surface area contributed by atoms with Crippen molar-refractivity contribution in [3.8, 4) is 0 Å². The summed E-state index contributed by atoms with van der Waals surface area (Å²) in [5.74, 6) is -0.750. The summed E-state index contributed by atoms with van der Waals surface area (Å²) in [6.45, 7) is 10.7. The second-order valence-corrected chi connectivity index (χ2v) is 6.69. The van der Waals surface area contributed by atoms with Crippen LogP contribution in [-0.4, -0.2) is 22.1 Å². The van der Waals surface area contributed by atoms with Gasteiger partial charge in [0.2, 0.25) is 0 Å². The van der Waals surface area contributed by atoms with Crippen molar-refractivity contribution in [3.05, 3.63) is 16.1 Å². The minimum absolute atomic E-state index is 0.0488. The van der Waals surface area contributed by atoms with Crippen molar-refractivity contribution in [3.63, 3.8) is 0 Å². The fraction of sp³-hybridized carbons (Fsp3) is 0.692. The van der Waals surface area contributed by atoms with Crippen LogP contribution in [0, 0.1) is 5.92 Å². The van der Waals surface area contributed by atoms with Crippen molar-refractivity contribution in [1.29, 1.82) is 0 Å². The van der Waals surface area contributed by atoms with E-state index >= 15 is 0 Å². The maximum atomic E-state index is 11.0. The Morgan fingerprint density at radius 2 is 2.11 bits per heavy atom. The number of carboxylic acids is 1. The first-order chi connectivity index (χ1) is 8.21. The Balaban J connectivity index is 2.63. The fourth-order valence-electron chi connectivity index (χ4n) is 1.56. The largest absolute Gasteiger partial charge is 0.480 e. The van der Waals surface area contributed by atoms with Gasteiger partial charge >= 0.3 is 5.97 Å². The van der Waals surface area contributed by atoms with Crippen LogP contribution in [0.4, 0.5) is 0 Å². The molecule has 2 N–H and O–H groups in total. The lowest BCUT2D eigenvalue weighted by Crippen LogP contribution is -2.40. The van der Waals surface area contributed by atoms with Crippen molar-refractivity contribution in [2.75, 3.05) is 0 Å². The van der Waals surface area contributed by atoms with Crippen molar-refractivity contribution in [2.45, 2.75) is 52.6 Å². The molecule has 0 saturated carbocycles. The van der Waals surface area contributed by atoms with Crippen LogP contribution < -0.4 is 5.32 Å². The first-order valence-electron chi connectivity index (χ1n) is 6.13. The number of aliphatic carboxylic acids is 1. The summed E-state index contributed by atoms with van der Waals surface area (Å²) in [6, 6.07) is -0.523. The molecule has 1 aromatic rings. The van der Waals surface area contributed by atoms with Gasteiger partial charge in [-0.15, -0.1) is 11.3 Å². The van der Waals surface area contributed by atoms with Gasteiger partial charge in [-0.2, -0.15) is 0 Å². The number of nitrogens with one attached hydrogen (secondary N) is 1. The zero-order chi connectivity index (χ0) is 13.9. The smallest absolute Gasteiger partial charge is 0.320 e. The molecule has 0 aromatic carbocycles. The molecular formula is C13H22N2O2S. The van der Waals surface area contributed by atoms with Crippen LogP contribution in [-0.2, 0) is 16.8 Å². The zero-order valence-electron chi connectivity index (χ0n) is 11.7. The van der Waals surface area contributed by atoms with Crippen molar-refractivity contribution < 1.29 is 9.90 Å². The van der Waals surface area contributed by atoms with E-state index in [4.69, 9.17) is 5.11 Å². The van der Waals surface area contributed by atoms with E-state index < -0.39 is 12.0 Å². The Morgan fingerprint density at radius 1 is 1.50 bits per heavy atom. The molecule has 0 fully saturated rings. The normalized spacial score (nSPS) is 13.9. The second-order valence-electron chi connectivity index (χ2n) is 5.83. The monoisotopic (exact) mass is 270 g/mol. The summed E-state index contributed by atoms with van der Waals surface area (Å²) in [7, 11) is 0. The number of nitrogens with zero attached hydrogens (tertiary/aromatic N) is 1. The summed E-state index contributed by atoms with van der Waals surface area (Å²) in [6.07, 6.45) is 0. The molecule has 0 bridgehead atoms. The molecule has 1 unspecified atom stereocenters. The van der Waals surface area contributed by atoms with E-state index in [1.165, 1.54) is 0 Å². The van der Waals surface area contributed by atoms with E-state index in [1.54, 1.807) is 11.3 Å². The molecule has 0 saturated heterocycles. The molecule has 0 aliphatic heterocycles. The van der Waals surface area contributed by atoms with Gasteiger partial charge in [-0.1, -0.05) is 34.6 Å². The predicted octanol–water partition coefficient (Wildman–Crippen LogP) is 2.64. The third-order valence-corrected chi connectivity index (χ3v) is 3.95. The molecule has 5 heteroatoms. The third-order valence-electron chi connectivity index (χ3n) is 2.63. The molecule has 0 spiro atoms. The van der Waals surface area contributed by atoms with Gasteiger partial charge in [0.1, 0.15) is 6.04 Å². The quantitative estimate of drug-likeness (QED) is 0.863. The number of carboxylic acid groups (broad SMARTS) is 1. The van der Waals surface area contributed by atoms with Crippen molar-refractivity contribution in [1.82, 2.24) is 10.3 Å². The Morgan fingerprint density at radius 3 is 2.50 bits per heavy atom. The lowest BCUT2D eigenvalue weighted by Gasteiger charge is -2.17. The highest BCUT2D eigenvalue weighted by atomic mass is 32.1. The topological polar surface area (TPSA) is 62.2 Å². The van der Waals surface area contributed by atoms with Crippen LogP contribution in [0.2, 0.25) is 0 Å². The molecule has 1 heterocycles. The van der Waals surface area contributed by atoms with E-state index in [0.717, 1.165) is 10.7 Å². The van der Waals surface area contributed by atoms with E-state index in [0.29, 0.717) is 6.54 Å². The van der Waals surface area contributed by atoms with E-state index in [2.05, 4.69) is 31.1 Å². The summed E-state index contributed by atoms with van der Waals surface area (Å²) in [5.41, 5.74) is 0.963. The standard InChI is InChI=1S/C13H22N2O2S/c1-8(2)10(11(16)17)14-6-9-7-18-12(15-9)13(3,4)5/h7-8,10,14H,6H2,1-5H3,(H,16,17). The molecule has 0 amide bonds. The first-order valence-corrected chi connectivity index (χ1v) is 7.01. The summed E-state index contributed by atoms with van der Waals surface area (Å²) in [5, 5.41) is 15.2. The number of hydrogen-bond acceptors (Lipinski definition) is 4. The average molecular weight is 270 g/mol. The summed E-state index contributed by atoms with van der Waals surface area (Å²) >= 11 is 1.63. The van der Waals surface area contributed by atoms with Crippen LogP contribution in [0.1, 0.15) is 45.3 Å². The Kier molecular flexibility index (Phi) is 4.87. The second kappa shape index (κ2) is 5.80. The molecule has 1 atom stereocenters. The molecular weight excluding hydrogens is 248 g/mol. The molecule has 102 valence electrons. The van der Waals surface area contributed by atoms with E-state index in [9.17, 15) is 4.79 Å². The van der Waals surface area contributed by atoms with Gasteiger partial charge in [0.25, 0.3) is 0 Å². The maximum Gasteiger partial charge on any atom is 0.320 e. The Labute approximate surface area is 112 Å². The number of thiazole rings is 1. The highest BCUT2D eigenvalue weighted by Crippen LogP contribution is 2.25. The highest BCUT2D eigenvalue weighted by molar-refractivity contribution is 7.09. The predicted molar refractivity (Wildman–Crippen MR) is 73.9 cm³/mol. The SMILES string of the molecule is CC(C)C(NCc1csc(C(C)(C)C)n1)C(=O)O. The zero-order valence-corrected chi connectivity index (χ0v) is 12.5. The maximum absolute atomic E-state index is 11.0. The summed E-state index contributed by atoms with van der Waals surface area (Å²) in [4.78, 5) is 15.6. The van der Waals surface area contributed by atoms with Gasteiger partial charge in [0.15, 0.2) is 0 Å². The summed E-state index contributed by atoms with van der Waals surface area (Å²) < 4.78 is 0.